The average molecular weight is 365 g/mol. The van der Waals surface area contributed by atoms with E-state index in [4.69, 9.17) is 4.74 Å². The number of hydrogen-bond acceptors (Lipinski definition) is 3. The van der Waals surface area contributed by atoms with E-state index in [0.29, 0.717) is 45.0 Å². The minimum Gasteiger partial charge on any atom is -0.379 e. The molecular weight excluding hydrogens is 345 g/mol. The van der Waals surface area contributed by atoms with Gasteiger partial charge in [0.2, 0.25) is 0 Å². The van der Waals surface area contributed by atoms with Gasteiger partial charge in [0.15, 0.2) is 0 Å². The molecule has 0 aliphatic carbocycles. The van der Waals surface area contributed by atoms with Gasteiger partial charge in [0.05, 0.1) is 19.3 Å². The Hall–Kier alpha value is -1.74. The standard InChI is InChI=1S/C17H20FN3O3S/c18-15-5-2-1-4-14(15)17-16-6-3-7-19(16)8-9-21(17)25(22,23)20-10-12-24-13-11-20/h1-7,17H,8-13H2. The number of nitrogens with zero attached hydrogens (tertiary/aromatic N) is 3. The SMILES string of the molecule is O=S(=O)(N1CCOCC1)N1CCn2cccc2C1c1ccccc1F. The summed E-state index contributed by atoms with van der Waals surface area (Å²) in [6.45, 7) is 2.27. The van der Waals surface area contributed by atoms with Crippen LogP contribution in [0.3, 0.4) is 0 Å². The topological polar surface area (TPSA) is 54.8 Å². The lowest BCUT2D eigenvalue weighted by molar-refractivity contribution is 0.0689. The van der Waals surface area contributed by atoms with E-state index in [1.54, 1.807) is 18.2 Å². The number of rotatable bonds is 3. The molecule has 0 amide bonds. The monoisotopic (exact) mass is 365 g/mol. The smallest absolute Gasteiger partial charge is 0.283 e. The van der Waals surface area contributed by atoms with E-state index in [0.717, 1.165) is 5.69 Å². The van der Waals surface area contributed by atoms with Crippen molar-refractivity contribution < 1.29 is 17.5 Å². The number of ether oxygens (including phenoxy) is 1. The lowest BCUT2D eigenvalue weighted by Crippen LogP contribution is -2.52. The molecule has 1 fully saturated rings. The molecule has 0 radical (unpaired) electrons. The fraction of sp³-hybridized carbons (Fsp3) is 0.412. The molecule has 1 unspecified atom stereocenters. The average Bonchev–Trinajstić information content (AvgIpc) is 3.11. The van der Waals surface area contributed by atoms with Crippen LogP contribution in [0.1, 0.15) is 17.3 Å². The van der Waals surface area contributed by atoms with Crippen molar-refractivity contribution in [3.63, 3.8) is 0 Å². The van der Waals surface area contributed by atoms with Crippen molar-refractivity contribution in [3.8, 4) is 0 Å². The predicted octanol–water partition coefficient (Wildman–Crippen LogP) is 1.61. The van der Waals surface area contributed by atoms with Crippen LogP contribution < -0.4 is 0 Å². The molecule has 8 heteroatoms. The Morgan fingerprint density at radius 2 is 1.76 bits per heavy atom. The van der Waals surface area contributed by atoms with Gasteiger partial charge in [0.1, 0.15) is 5.82 Å². The van der Waals surface area contributed by atoms with E-state index in [-0.39, 0.29) is 0 Å². The number of aromatic nitrogens is 1. The maximum atomic E-state index is 14.5. The van der Waals surface area contributed by atoms with Gasteiger partial charge in [-0.25, -0.2) is 4.39 Å². The van der Waals surface area contributed by atoms with Gasteiger partial charge in [-0.05, 0) is 18.2 Å². The normalized spacial score (nSPS) is 22.7. The fourth-order valence-corrected chi connectivity index (χ4v) is 5.26. The highest BCUT2D eigenvalue weighted by molar-refractivity contribution is 7.86. The van der Waals surface area contributed by atoms with Crippen molar-refractivity contribution in [1.82, 2.24) is 13.2 Å². The number of halogens is 1. The highest BCUT2D eigenvalue weighted by Crippen LogP contribution is 2.36. The molecule has 2 aliphatic rings. The van der Waals surface area contributed by atoms with Crippen LogP contribution in [0, 0.1) is 5.82 Å². The maximum Gasteiger partial charge on any atom is 0.283 e. The quantitative estimate of drug-likeness (QED) is 0.830. The minimum atomic E-state index is -3.71. The van der Waals surface area contributed by atoms with Crippen LogP contribution in [0.15, 0.2) is 42.6 Å². The van der Waals surface area contributed by atoms with Crippen LogP contribution >= 0.6 is 0 Å². The van der Waals surface area contributed by atoms with Crippen molar-refractivity contribution in [3.05, 3.63) is 59.7 Å². The summed E-state index contributed by atoms with van der Waals surface area (Å²) in [6, 6.07) is 9.44. The first-order valence-electron chi connectivity index (χ1n) is 8.33. The predicted molar refractivity (Wildman–Crippen MR) is 90.7 cm³/mol. The summed E-state index contributed by atoms with van der Waals surface area (Å²) < 4.78 is 51.1. The second-order valence-electron chi connectivity index (χ2n) is 6.18. The zero-order chi connectivity index (χ0) is 17.4. The summed E-state index contributed by atoms with van der Waals surface area (Å²) in [5, 5.41) is 0. The minimum absolute atomic E-state index is 0.306. The summed E-state index contributed by atoms with van der Waals surface area (Å²) in [5.74, 6) is -0.399. The van der Waals surface area contributed by atoms with Gasteiger partial charge in [-0.3, -0.25) is 0 Å². The number of fused-ring (bicyclic) bond motifs is 1. The molecule has 25 heavy (non-hydrogen) atoms. The van der Waals surface area contributed by atoms with Crippen LogP contribution in [0.5, 0.6) is 0 Å². The van der Waals surface area contributed by atoms with Gasteiger partial charge < -0.3 is 9.30 Å². The Balaban J connectivity index is 1.80. The van der Waals surface area contributed by atoms with Gasteiger partial charge in [0, 0.05) is 43.6 Å². The van der Waals surface area contributed by atoms with Gasteiger partial charge >= 0.3 is 0 Å². The Morgan fingerprint density at radius 3 is 2.52 bits per heavy atom. The largest absolute Gasteiger partial charge is 0.379 e. The highest BCUT2D eigenvalue weighted by atomic mass is 32.2. The lowest BCUT2D eigenvalue weighted by atomic mass is 10.0. The van der Waals surface area contributed by atoms with Crippen LogP contribution in [-0.4, -0.2) is 54.4 Å². The molecule has 2 aliphatic heterocycles. The van der Waals surface area contributed by atoms with Gasteiger partial charge in [-0.15, -0.1) is 0 Å². The van der Waals surface area contributed by atoms with Crippen LogP contribution in [0.4, 0.5) is 4.39 Å². The third kappa shape index (κ3) is 2.89. The maximum absolute atomic E-state index is 14.5. The molecule has 6 nitrogen and oxygen atoms in total. The molecule has 0 bridgehead atoms. The molecular formula is C17H20FN3O3S. The second-order valence-corrected chi connectivity index (χ2v) is 8.06. The summed E-state index contributed by atoms with van der Waals surface area (Å²) in [5.41, 5.74) is 1.16. The second kappa shape index (κ2) is 6.53. The Labute approximate surface area is 146 Å². The fourth-order valence-electron chi connectivity index (χ4n) is 3.55. The van der Waals surface area contributed by atoms with Crippen LogP contribution in [-0.2, 0) is 21.5 Å². The van der Waals surface area contributed by atoms with Crippen molar-refractivity contribution in [2.45, 2.75) is 12.6 Å². The molecule has 1 saturated heterocycles. The zero-order valence-electron chi connectivity index (χ0n) is 13.7. The van der Waals surface area contributed by atoms with Crippen molar-refractivity contribution in [1.29, 1.82) is 0 Å². The van der Waals surface area contributed by atoms with E-state index in [1.165, 1.54) is 14.7 Å². The number of hydrogen-bond donors (Lipinski definition) is 0. The first-order chi connectivity index (χ1) is 12.1. The molecule has 1 atom stereocenters. The summed E-state index contributed by atoms with van der Waals surface area (Å²) in [6.07, 6.45) is 1.90. The summed E-state index contributed by atoms with van der Waals surface area (Å²) >= 11 is 0. The first kappa shape index (κ1) is 16.7. The third-order valence-corrected chi connectivity index (χ3v) is 6.79. The molecule has 0 spiro atoms. The van der Waals surface area contributed by atoms with E-state index >= 15 is 0 Å². The third-order valence-electron chi connectivity index (χ3n) is 4.79. The molecule has 1 aromatic heterocycles. The van der Waals surface area contributed by atoms with Gasteiger partial charge in [-0.1, -0.05) is 18.2 Å². The van der Waals surface area contributed by atoms with Crippen LogP contribution in [0.25, 0.3) is 0 Å². The van der Waals surface area contributed by atoms with E-state index in [9.17, 15) is 12.8 Å². The molecule has 3 heterocycles. The Bertz CT molecular complexity index is 862. The van der Waals surface area contributed by atoms with Crippen molar-refractivity contribution in [2.75, 3.05) is 32.8 Å². The lowest BCUT2D eigenvalue weighted by Gasteiger charge is -2.39. The summed E-state index contributed by atoms with van der Waals surface area (Å²) in [7, 11) is -3.71. The Morgan fingerprint density at radius 1 is 1.00 bits per heavy atom. The molecule has 0 saturated carbocycles. The van der Waals surface area contributed by atoms with E-state index in [1.807, 2.05) is 22.9 Å². The van der Waals surface area contributed by atoms with Crippen molar-refractivity contribution >= 4 is 10.2 Å². The zero-order valence-corrected chi connectivity index (χ0v) is 14.5. The first-order valence-corrected chi connectivity index (χ1v) is 9.73. The highest BCUT2D eigenvalue weighted by Gasteiger charge is 2.41. The molecule has 2 aromatic rings. The van der Waals surface area contributed by atoms with Crippen molar-refractivity contribution in [2.24, 2.45) is 0 Å². The Kier molecular flexibility index (Phi) is 4.36. The van der Waals surface area contributed by atoms with Gasteiger partial charge in [0.25, 0.3) is 10.2 Å². The van der Waals surface area contributed by atoms with Crippen LogP contribution in [0.2, 0.25) is 0 Å². The number of morpholine rings is 1. The van der Waals surface area contributed by atoms with E-state index in [2.05, 4.69) is 0 Å². The molecule has 0 N–H and O–H groups in total. The van der Waals surface area contributed by atoms with E-state index < -0.39 is 22.1 Å². The summed E-state index contributed by atoms with van der Waals surface area (Å²) in [4.78, 5) is 0. The number of benzene rings is 1. The molecule has 4 rings (SSSR count). The van der Waals surface area contributed by atoms with Gasteiger partial charge in [-0.2, -0.15) is 17.0 Å². The molecule has 134 valence electrons. The molecule has 1 aromatic carbocycles.